The minimum Gasteiger partial charge on any atom is -0.423 e. The van der Waals surface area contributed by atoms with Crippen LogP contribution in [-0.2, 0) is 16.6 Å². The number of hydrogen-bond donors (Lipinski definition) is 3. The van der Waals surface area contributed by atoms with Gasteiger partial charge in [0, 0.05) is 18.3 Å². The van der Waals surface area contributed by atoms with Crippen LogP contribution >= 0.6 is 0 Å². The van der Waals surface area contributed by atoms with Gasteiger partial charge in [-0.1, -0.05) is 30.3 Å². The maximum atomic E-state index is 12.4. The predicted molar refractivity (Wildman–Crippen MR) is 117 cm³/mol. The molecule has 0 fully saturated rings. The Morgan fingerprint density at radius 3 is 2.45 bits per heavy atom. The Bertz CT molecular complexity index is 1400. The fourth-order valence-corrected chi connectivity index (χ4v) is 4.22. The molecule has 2 heterocycles. The summed E-state index contributed by atoms with van der Waals surface area (Å²) in [5, 5.41) is 13.6. The first-order chi connectivity index (χ1) is 14.8. The zero-order chi connectivity index (χ0) is 22.0. The van der Waals surface area contributed by atoms with Crippen LogP contribution in [0, 0.1) is 6.92 Å². The molecule has 0 saturated carbocycles. The third kappa shape index (κ3) is 4.19. The van der Waals surface area contributed by atoms with Crippen LogP contribution in [0.15, 0.2) is 76.7 Å². The molecule has 0 aliphatic carbocycles. The molecule has 2 aromatic heterocycles. The normalized spacial score (nSPS) is 11.4. The number of aromatic nitrogens is 3. The monoisotopic (exact) mass is 437 g/mol. The van der Waals surface area contributed by atoms with Gasteiger partial charge in [-0.3, -0.25) is 9.52 Å². The van der Waals surface area contributed by atoms with E-state index in [1.165, 1.54) is 24.5 Å². The van der Waals surface area contributed by atoms with Crippen LogP contribution in [0.3, 0.4) is 0 Å². The molecule has 0 aliphatic rings. The van der Waals surface area contributed by atoms with Gasteiger partial charge in [-0.2, -0.15) is 0 Å². The van der Waals surface area contributed by atoms with Gasteiger partial charge in [0.15, 0.2) is 5.65 Å². The van der Waals surface area contributed by atoms with E-state index in [0.29, 0.717) is 33.7 Å². The van der Waals surface area contributed by atoms with Gasteiger partial charge in [-0.15, -0.1) is 4.73 Å². The average molecular weight is 437 g/mol. The maximum Gasteiger partial charge on any atom is 0.286 e. The van der Waals surface area contributed by atoms with Crippen molar-refractivity contribution in [3.05, 3.63) is 88.6 Å². The van der Waals surface area contributed by atoms with Gasteiger partial charge in [-0.25, -0.2) is 18.4 Å². The molecule has 0 atom stereocenters. The average Bonchev–Trinajstić information content (AvgIpc) is 2.77. The SMILES string of the molecule is Cc1ncnc2c1c(NCc1ccc(NS(=O)(=O)c3ccccc3)cc1)cc(=O)n2O. The molecule has 31 heavy (non-hydrogen) atoms. The fourth-order valence-electron chi connectivity index (χ4n) is 3.14. The molecular formula is C21H19N5O4S. The van der Waals surface area contributed by atoms with Crippen LogP contribution < -0.4 is 15.6 Å². The molecule has 2 aromatic carbocycles. The van der Waals surface area contributed by atoms with Gasteiger partial charge in [0.25, 0.3) is 15.6 Å². The van der Waals surface area contributed by atoms with Gasteiger partial charge in [0.2, 0.25) is 0 Å². The van der Waals surface area contributed by atoms with Gasteiger partial charge in [0.05, 0.1) is 21.7 Å². The number of benzene rings is 2. The highest BCUT2D eigenvalue weighted by Crippen LogP contribution is 2.23. The molecular weight excluding hydrogens is 418 g/mol. The third-order valence-corrected chi connectivity index (χ3v) is 6.10. The quantitative estimate of drug-likeness (QED) is 0.396. The van der Waals surface area contributed by atoms with E-state index in [1.807, 2.05) is 0 Å². The lowest BCUT2D eigenvalue weighted by Crippen LogP contribution is -2.20. The molecule has 0 unspecified atom stereocenters. The topological polar surface area (TPSA) is 126 Å². The Balaban J connectivity index is 1.52. The van der Waals surface area contributed by atoms with Gasteiger partial charge in [-0.05, 0) is 36.8 Å². The molecule has 0 bridgehead atoms. The van der Waals surface area contributed by atoms with Crippen molar-refractivity contribution >= 4 is 32.4 Å². The summed E-state index contributed by atoms with van der Waals surface area (Å²) in [5.74, 6) is 0. The van der Waals surface area contributed by atoms with Crippen LogP contribution in [0.5, 0.6) is 0 Å². The number of rotatable bonds is 6. The Labute approximate surface area is 178 Å². The number of anilines is 2. The van der Waals surface area contributed by atoms with Crippen molar-refractivity contribution in [3.8, 4) is 0 Å². The first kappa shape index (κ1) is 20.4. The van der Waals surface area contributed by atoms with E-state index >= 15 is 0 Å². The van der Waals surface area contributed by atoms with Crippen LogP contribution in [0.2, 0.25) is 0 Å². The van der Waals surface area contributed by atoms with Gasteiger partial charge < -0.3 is 10.5 Å². The van der Waals surface area contributed by atoms with Crippen LogP contribution in [0.4, 0.5) is 11.4 Å². The summed E-state index contributed by atoms with van der Waals surface area (Å²) in [5.41, 5.74) is 1.91. The molecule has 0 saturated heterocycles. The lowest BCUT2D eigenvalue weighted by Gasteiger charge is -2.13. The van der Waals surface area contributed by atoms with E-state index in [9.17, 15) is 18.4 Å². The molecule has 158 valence electrons. The number of nitrogens with one attached hydrogen (secondary N) is 2. The molecule has 3 N–H and O–H groups in total. The van der Waals surface area contributed by atoms with E-state index in [-0.39, 0.29) is 10.5 Å². The van der Waals surface area contributed by atoms with E-state index in [0.717, 1.165) is 5.56 Å². The standard InChI is InChI=1S/C21H19N5O4S/c1-14-20-18(11-19(27)26(28)21(20)24-13-23-14)22-12-15-7-9-16(10-8-15)25-31(29,30)17-5-3-2-4-6-17/h2-11,13,22,25,28H,12H2,1H3. The maximum absolute atomic E-state index is 12.4. The molecule has 0 amide bonds. The molecule has 10 heteroatoms. The van der Waals surface area contributed by atoms with Crippen molar-refractivity contribution in [2.45, 2.75) is 18.4 Å². The van der Waals surface area contributed by atoms with Crippen LogP contribution in [-0.4, -0.2) is 28.3 Å². The van der Waals surface area contributed by atoms with Crippen molar-refractivity contribution in [1.82, 2.24) is 14.7 Å². The zero-order valence-electron chi connectivity index (χ0n) is 16.5. The summed E-state index contributed by atoms with van der Waals surface area (Å²) < 4.78 is 27.9. The summed E-state index contributed by atoms with van der Waals surface area (Å²) in [6.07, 6.45) is 1.28. The lowest BCUT2D eigenvalue weighted by molar-refractivity contribution is 0.186. The summed E-state index contributed by atoms with van der Waals surface area (Å²) >= 11 is 0. The molecule has 0 radical (unpaired) electrons. The molecule has 0 aliphatic heterocycles. The molecule has 0 spiro atoms. The summed E-state index contributed by atoms with van der Waals surface area (Å²) in [7, 11) is -3.66. The number of sulfonamides is 1. The first-order valence-electron chi connectivity index (χ1n) is 9.32. The zero-order valence-corrected chi connectivity index (χ0v) is 17.3. The van der Waals surface area contributed by atoms with Gasteiger partial charge >= 0.3 is 0 Å². The number of fused-ring (bicyclic) bond motifs is 1. The molecule has 4 rings (SSSR count). The van der Waals surface area contributed by atoms with Crippen molar-refractivity contribution in [3.63, 3.8) is 0 Å². The highest BCUT2D eigenvalue weighted by molar-refractivity contribution is 7.92. The number of nitrogens with zero attached hydrogens (tertiary/aromatic N) is 3. The summed E-state index contributed by atoms with van der Waals surface area (Å²) in [6.45, 7) is 2.12. The Morgan fingerprint density at radius 2 is 1.74 bits per heavy atom. The second kappa shape index (κ2) is 8.07. The third-order valence-electron chi connectivity index (χ3n) is 4.71. The van der Waals surface area contributed by atoms with Crippen LogP contribution in [0.1, 0.15) is 11.3 Å². The number of pyridine rings is 1. The second-order valence-electron chi connectivity index (χ2n) is 6.83. The van der Waals surface area contributed by atoms with E-state index < -0.39 is 15.6 Å². The predicted octanol–water partition coefficient (Wildman–Crippen LogP) is 2.75. The number of hydrogen-bond acceptors (Lipinski definition) is 7. The Kier molecular flexibility index (Phi) is 5.30. The highest BCUT2D eigenvalue weighted by atomic mass is 32.2. The van der Waals surface area contributed by atoms with E-state index in [1.54, 1.807) is 49.4 Å². The smallest absolute Gasteiger partial charge is 0.286 e. The largest absolute Gasteiger partial charge is 0.423 e. The summed E-state index contributed by atoms with van der Waals surface area (Å²) in [6, 6.07) is 16.3. The van der Waals surface area contributed by atoms with Crippen molar-refractivity contribution in [2.75, 3.05) is 10.0 Å². The van der Waals surface area contributed by atoms with E-state index in [2.05, 4.69) is 20.0 Å². The van der Waals surface area contributed by atoms with Crippen LogP contribution in [0.25, 0.3) is 11.0 Å². The number of aryl methyl sites for hydroxylation is 1. The van der Waals surface area contributed by atoms with E-state index in [4.69, 9.17) is 0 Å². The highest BCUT2D eigenvalue weighted by Gasteiger charge is 2.14. The minimum atomic E-state index is -3.66. The van der Waals surface area contributed by atoms with Crippen molar-refractivity contribution in [2.24, 2.45) is 0 Å². The first-order valence-corrected chi connectivity index (χ1v) is 10.8. The fraction of sp³-hybridized carbons (Fsp3) is 0.0952. The molecule has 9 nitrogen and oxygen atoms in total. The lowest BCUT2D eigenvalue weighted by atomic mass is 10.2. The van der Waals surface area contributed by atoms with Crippen molar-refractivity contribution < 1.29 is 13.6 Å². The Morgan fingerprint density at radius 1 is 1.03 bits per heavy atom. The minimum absolute atomic E-state index is 0.119. The molecule has 4 aromatic rings. The second-order valence-corrected chi connectivity index (χ2v) is 8.52. The summed E-state index contributed by atoms with van der Waals surface area (Å²) in [4.78, 5) is 20.3. The van der Waals surface area contributed by atoms with Crippen molar-refractivity contribution in [1.29, 1.82) is 0 Å². The Hall–Kier alpha value is -3.92. The van der Waals surface area contributed by atoms with Gasteiger partial charge in [0.1, 0.15) is 6.33 Å².